The Bertz CT molecular complexity index is 128. The van der Waals surface area contributed by atoms with Crippen molar-refractivity contribution in [3.05, 3.63) is 12.2 Å². The molecular formula is C9H20N2. The van der Waals surface area contributed by atoms with Gasteiger partial charge in [0.25, 0.3) is 0 Å². The van der Waals surface area contributed by atoms with Crippen LogP contribution in [-0.4, -0.2) is 12.1 Å². The monoisotopic (exact) mass is 156 g/mol. The molecule has 0 aromatic heterocycles. The lowest BCUT2D eigenvalue weighted by Crippen LogP contribution is -2.36. The summed E-state index contributed by atoms with van der Waals surface area (Å²) < 4.78 is 0. The Morgan fingerprint density at radius 1 is 1.45 bits per heavy atom. The van der Waals surface area contributed by atoms with E-state index >= 15 is 0 Å². The van der Waals surface area contributed by atoms with E-state index in [0.717, 1.165) is 31.4 Å². The first-order chi connectivity index (χ1) is 5.00. The van der Waals surface area contributed by atoms with Gasteiger partial charge in [-0.05, 0) is 33.2 Å². The molecule has 0 saturated carbocycles. The van der Waals surface area contributed by atoms with Crippen LogP contribution < -0.4 is 11.5 Å². The van der Waals surface area contributed by atoms with Crippen molar-refractivity contribution in [2.75, 3.05) is 6.54 Å². The summed E-state index contributed by atoms with van der Waals surface area (Å²) in [5, 5.41) is 0. The van der Waals surface area contributed by atoms with Gasteiger partial charge in [0.05, 0.1) is 0 Å². The third-order valence-electron chi connectivity index (χ3n) is 2.13. The van der Waals surface area contributed by atoms with Crippen LogP contribution in [-0.2, 0) is 0 Å². The highest BCUT2D eigenvalue weighted by atomic mass is 14.7. The standard InChI is InChI=1S/C9H20N2/c1-8(2)9(3,11)6-4-5-7-10/h1,4-7,10-11H2,2-3H3/t9-/m0/s1. The second-order valence-electron chi connectivity index (χ2n) is 3.44. The first-order valence-electron chi connectivity index (χ1n) is 4.15. The Kier molecular flexibility index (Phi) is 4.38. The quantitative estimate of drug-likeness (QED) is 0.467. The second kappa shape index (κ2) is 4.52. The van der Waals surface area contributed by atoms with Gasteiger partial charge in [-0.1, -0.05) is 18.6 Å². The van der Waals surface area contributed by atoms with Crippen LogP contribution in [0.15, 0.2) is 12.2 Å². The zero-order valence-electron chi connectivity index (χ0n) is 7.69. The van der Waals surface area contributed by atoms with Crippen molar-refractivity contribution >= 4 is 0 Å². The third-order valence-corrected chi connectivity index (χ3v) is 2.13. The molecule has 0 aliphatic heterocycles. The van der Waals surface area contributed by atoms with Crippen molar-refractivity contribution in [3.8, 4) is 0 Å². The van der Waals surface area contributed by atoms with Gasteiger partial charge in [-0.25, -0.2) is 0 Å². The molecule has 11 heavy (non-hydrogen) atoms. The number of unbranched alkanes of at least 4 members (excludes halogenated alkanes) is 1. The third kappa shape index (κ3) is 4.17. The first-order valence-corrected chi connectivity index (χ1v) is 4.15. The molecule has 0 aromatic rings. The van der Waals surface area contributed by atoms with Crippen LogP contribution in [0.2, 0.25) is 0 Å². The van der Waals surface area contributed by atoms with E-state index in [-0.39, 0.29) is 5.54 Å². The summed E-state index contributed by atoms with van der Waals surface area (Å²) in [7, 11) is 0. The van der Waals surface area contributed by atoms with Crippen molar-refractivity contribution in [1.82, 2.24) is 0 Å². The molecule has 0 saturated heterocycles. The molecule has 0 aliphatic carbocycles. The summed E-state index contributed by atoms with van der Waals surface area (Å²) in [5.41, 5.74) is 12.2. The van der Waals surface area contributed by atoms with Gasteiger partial charge in [-0.15, -0.1) is 0 Å². The van der Waals surface area contributed by atoms with Gasteiger partial charge in [-0.2, -0.15) is 0 Å². The number of hydrogen-bond acceptors (Lipinski definition) is 2. The fourth-order valence-corrected chi connectivity index (χ4v) is 0.850. The summed E-state index contributed by atoms with van der Waals surface area (Å²) in [6.45, 7) is 8.60. The van der Waals surface area contributed by atoms with Gasteiger partial charge in [-0.3, -0.25) is 0 Å². The largest absolute Gasteiger partial charge is 0.330 e. The predicted molar refractivity (Wildman–Crippen MR) is 50.3 cm³/mol. The van der Waals surface area contributed by atoms with Crippen LogP contribution in [0.5, 0.6) is 0 Å². The second-order valence-corrected chi connectivity index (χ2v) is 3.44. The van der Waals surface area contributed by atoms with Gasteiger partial charge < -0.3 is 11.5 Å². The SMILES string of the molecule is C=C(C)[C@@](C)(N)CCCCN. The minimum atomic E-state index is -0.199. The van der Waals surface area contributed by atoms with E-state index in [1.807, 2.05) is 13.8 Å². The zero-order valence-corrected chi connectivity index (χ0v) is 7.69. The smallest absolute Gasteiger partial charge is 0.0334 e. The van der Waals surface area contributed by atoms with Crippen molar-refractivity contribution in [1.29, 1.82) is 0 Å². The van der Waals surface area contributed by atoms with Gasteiger partial charge in [0.2, 0.25) is 0 Å². The number of rotatable bonds is 5. The van der Waals surface area contributed by atoms with E-state index in [1.54, 1.807) is 0 Å². The maximum absolute atomic E-state index is 5.96. The van der Waals surface area contributed by atoms with Crippen LogP contribution in [0.1, 0.15) is 33.1 Å². The topological polar surface area (TPSA) is 52.0 Å². The van der Waals surface area contributed by atoms with Gasteiger partial charge in [0.15, 0.2) is 0 Å². The molecule has 0 aromatic carbocycles. The fourth-order valence-electron chi connectivity index (χ4n) is 0.850. The average Bonchev–Trinajstić information content (AvgIpc) is 1.88. The normalized spacial score (nSPS) is 16.0. The lowest BCUT2D eigenvalue weighted by molar-refractivity contribution is 0.477. The Morgan fingerprint density at radius 2 is 2.00 bits per heavy atom. The predicted octanol–water partition coefficient (Wildman–Crippen LogP) is 1.41. The lowest BCUT2D eigenvalue weighted by atomic mass is 9.89. The highest BCUT2D eigenvalue weighted by molar-refractivity contribution is 5.09. The minimum Gasteiger partial charge on any atom is -0.330 e. The first kappa shape index (κ1) is 10.7. The van der Waals surface area contributed by atoms with Crippen molar-refractivity contribution in [2.24, 2.45) is 11.5 Å². The molecule has 0 fully saturated rings. The molecule has 0 spiro atoms. The van der Waals surface area contributed by atoms with Gasteiger partial charge in [0.1, 0.15) is 0 Å². The highest BCUT2D eigenvalue weighted by Gasteiger charge is 2.17. The molecule has 2 nitrogen and oxygen atoms in total. The number of nitrogens with two attached hydrogens (primary N) is 2. The van der Waals surface area contributed by atoms with Crippen LogP contribution in [0.25, 0.3) is 0 Å². The van der Waals surface area contributed by atoms with Crippen molar-refractivity contribution in [3.63, 3.8) is 0 Å². The van der Waals surface area contributed by atoms with E-state index in [0.29, 0.717) is 0 Å². The van der Waals surface area contributed by atoms with Crippen LogP contribution in [0.3, 0.4) is 0 Å². The maximum atomic E-state index is 5.96. The van der Waals surface area contributed by atoms with Gasteiger partial charge >= 0.3 is 0 Å². The summed E-state index contributed by atoms with van der Waals surface area (Å²) in [6, 6.07) is 0. The summed E-state index contributed by atoms with van der Waals surface area (Å²) in [6.07, 6.45) is 3.13. The molecule has 0 bridgehead atoms. The summed E-state index contributed by atoms with van der Waals surface area (Å²) in [5.74, 6) is 0. The Hall–Kier alpha value is -0.340. The van der Waals surface area contributed by atoms with E-state index in [2.05, 4.69) is 6.58 Å². The molecule has 0 amide bonds. The van der Waals surface area contributed by atoms with Crippen molar-refractivity contribution < 1.29 is 0 Å². The summed E-state index contributed by atoms with van der Waals surface area (Å²) >= 11 is 0. The molecule has 1 atom stereocenters. The maximum Gasteiger partial charge on any atom is 0.0334 e. The summed E-state index contributed by atoms with van der Waals surface area (Å²) in [4.78, 5) is 0. The molecule has 4 N–H and O–H groups in total. The molecule has 2 heteroatoms. The van der Waals surface area contributed by atoms with E-state index in [1.165, 1.54) is 0 Å². The molecule has 0 unspecified atom stereocenters. The zero-order chi connectivity index (χ0) is 8.91. The van der Waals surface area contributed by atoms with Crippen LogP contribution in [0.4, 0.5) is 0 Å². The molecular weight excluding hydrogens is 136 g/mol. The Balaban J connectivity index is 3.64. The molecule has 66 valence electrons. The average molecular weight is 156 g/mol. The molecule has 0 rings (SSSR count). The van der Waals surface area contributed by atoms with Crippen LogP contribution >= 0.6 is 0 Å². The highest BCUT2D eigenvalue weighted by Crippen LogP contribution is 2.17. The molecule has 0 radical (unpaired) electrons. The molecule has 0 aliphatic rings. The Labute approximate surface area is 69.6 Å². The van der Waals surface area contributed by atoms with Crippen molar-refractivity contribution in [2.45, 2.75) is 38.6 Å². The minimum absolute atomic E-state index is 0.199. The number of hydrogen-bond donors (Lipinski definition) is 2. The van der Waals surface area contributed by atoms with E-state index in [9.17, 15) is 0 Å². The lowest BCUT2D eigenvalue weighted by Gasteiger charge is -2.24. The van der Waals surface area contributed by atoms with E-state index < -0.39 is 0 Å². The van der Waals surface area contributed by atoms with Gasteiger partial charge in [0, 0.05) is 5.54 Å². The fraction of sp³-hybridized carbons (Fsp3) is 0.778. The molecule has 0 heterocycles. The Morgan fingerprint density at radius 3 is 2.36 bits per heavy atom. The van der Waals surface area contributed by atoms with Crippen LogP contribution in [0, 0.1) is 0 Å². The van der Waals surface area contributed by atoms with E-state index in [4.69, 9.17) is 11.5 Å².